The first-order valence-electron chi connectivity index (χ1n) is 8.69. The molecular weight excluding hydrogens is 300 g/mol. The highest BCUT2D eigenvalue weighted by molar-refractivity contribution is 5.82. The molecule has 2 atom stereocenters. The van der Waals surface area contributed by atoms with E-state index in [0.717, 1.165) is 35.8 Å². The van der Waals surface area contributed by atoms with Gasteiger partial charge in [0.15, 0.2) is 0 Å². The van der Waals surface area contributed by atoms with E-state index in [4.69, 9.17) is 4.74 Å². The second-order valence-electron chi connectivity index (χ2n) is 6.81. The van der Waals surface area contributed by atoms with Gasteiger partial charge in [-0.05, 0) is 48.8 Å². The van der Waals surface area contributed by atoms with Crippen LogP contribution in [0.15, 0.2) is 48.8 Å². The molecule has 4 rings (SSSR count). The lowest BCUT2D eigenvalue weighted by Gasteiger charge is -2.12. The van der Waals surface area contributed by atoms with Gasteiger partial charge in [0.1, 0.15) is 5.75 Å². The second kappa shape index (κ2) is 6.63. The number of para-hydroxylation sites is 1. The normalized spacial score (nSPS) is 22.0. The Bertz CT molecular complexity index is 713. The molecule has 0 spiro atoms. The van der Waals surface area contributed by atoms with Gasteiger partial charge in [-0.1, -0.05) is 24.3 Å². The molecule has 1 N–H and O–H groups in total. The predicted octanol–water partition coefficient (Wildman–Crippen LogP) is 3.29. The highest BCUT2D eigenvalue weighted by Gasteiger charge is 2.43. The van der Waals surface area contributed by atoms with Crippen molar-refractivity contribution in [2.45, 2.75) is 31.7 Å². The quantitative estimate of drug-likeness (QED) is 0.851. The monoisotopic (exact) mass is 322 g/mol. The molecule has 0 saturated heterocycles. The Balaban J connectivity index is 1.31. The average Bonchev–Trinajstić information content (AvgIpc) is 3.53. The minimum Gasteiger partial charge on any atom is -0.493 e. The summed E-state index contributed by atoms with van der Waals surface area (Å²) in [5.74, 6) is 2.14. The first-order valence-corrected chi connectivity index (χ1v) is 8.69. The molecule has 4 nitrogen and oxygen atoms in total. The van der Waals surface area contributed by atoms with Gasteiger partial charge in [-0.15, -0.1) is 0 Å². The van der Waals surface area contributed by atoms with Crippen molar-refractivity contribution in [3.63, 3.8) is 0 Å². The van der Waals surface area contributed by atoms with Gasteiger partial charge in [-0.3, -0.25) is 9.78 Å². The Morgan fingerprint density at radius 2 is 2.08 bits per heavy atom. The molecule has 1 aromatic carbocycles. The lowest BCUT2D eigenvalue weighted by molar-refractivity contribution is -0.122. The van der Waals surface area contributed by atoms with E-state index in [0.29, 0.717) is 12.5 Å². The van der Waals surface area contributed by atoms with E-state index in [1.54, 1.807) is 6.20 Å². The molecule has 1 heterocycles. The van der Waals surface area contributed by atoms with Crippen LogP contribution >= 0.6 is 0 Å². The summed E-state index contributed by atoms with van der Waals surface area (Å²) < 4.78 is 5.90. The van der Waals surface area contributed by atoms with E-state index in [9.17, 15) is 4.79 Å². The van der Waals surface area contributed by atoms with E-state index in [-0.39, 0.29) is 11.8 Å². The van der Waals surface area contributed by atoms with E-state index >= 15 is 0 Å². The van der Waals surface area contributed by atoms with Gasteiger partial charge in [-0.2, -0.15) is 0 Å². The van der Waals surface area contributed by atoms with Gasteiger partial charge in [0.2, 0.25) is 5.91 Å². The van der Waals surface area contributed by atoms with Gasteiger partial charge in [0.25, 0.3) is 0 Å². The molecule has 124 valence electrons. The largest absolute Gasteiger partial charge is 0.493 e. The molecule has 0 bridgehead atoms. The lowest BCUT2D eigenvalue weighted by Crippen LogP contribution is -2.25. The average molecular weight is 322 g/mol. The number of amides is 1. The number of aromatic nitrogens is 1. The summed E-state index contributed by atoms with van der Waals surface area (Å²) in [6, 6.07) is 11.9. The lowest BCUT2D eigenvalue weighted by atomic mass is 10.1. The summed E-state index contributed by atoms with van der Waals surface area (Å²) in [6.45, 7) is 1.31. The zero-order chi connectivity index (χ0) is 16.4. The third-order valence-corrected chi connectivity index (χ3v) is 4.84. The molecule has 0 aliphatic heterocycles. The number of hydrogen-bond acceptors (Lipinski definition) is 3. The summed E-state index contributed by atoms with van der Waals surface area (Å²) in [6.07, 6.45) is 7.09. The molecule has 2 saturated carbocycles. The molecule has 4 heteroatoms. The van der Waals surface area contributed by atoms with E-state index in [1.807, 2.05) is 42.6 Å². The summed E-state index contributed by atoms with van der Waals surface area (Å²) in [7, 11) is 0. The fourth-order valence-corrected chi connectivity index (χ4v) is 3.04. The standard InChI is InChI=1S/C20H22N2O2/c23-20(18-10-17(18)15-5-3-9-21-11-15)22-12-16-4-1-2-6-19(16)24-13-14-7-8-14/h1-6,9,11,14,17-18H,7-8,10,12-13H2,(H,22,23)/t17-,18-/m1/s1. The fraction of sp³-hybridized carbons (Fsp3) is 0.400. The number of ether oxygens (including phenoxy) is 1. The van der Waals surface area contributed by atoms with Crippen LogP contribution in [0.5, 0.6) is 5.75 Å². The van der Waals surface area contributed by atoms with Crippen molar-refractivity contribution in [3.8, 4) is 5.75 Å². The first kappa shape index (κ1) is 15.2. The Hall–Kier alpha value is -2.36. The van der Waals surface area contributed by atoms with Gasteiger partial charge in [0, 0.05) is 30.4 Å². The van der Waals surface area contributed by atoms with Crippen LogP contribution in [0, 0.1) is 11.8 Å². The second-order valence-corrected chi connectivity index (χ2v) is 6.81. The first-order chi connectivity index (χ1) is 11.8. The van der Waals surface area contributed by atoms with Crippen molar-refractivity contribution in [2.24, 2.45) is 11.8 Å². The van der Waals surface area contributed by atoms with E-state index in [2.05, 4.69) is 10.3 Å². The number of pyridine rings is 1. The maximum absolute atomic E-state index is 12.4. The maximum atomic E-state index is 12.4. The van der Waals surface area contributed by atoms with Crippen LogP contribution in [0.1, 0.15) is 36.3 Å². The van der Waals surface area contributed by atoms with E-state index in [1.165, 1.54) is 12.8 Å². The van der Waals surface area contributed by atoms with E-state index < -0.39 is 0 Å². The van der Waals surface area contributed by atoms with Crippen molar-refractivity contribution in [1.82, 2.24) is 10.3 Å². The van der Waals surface area contributed by atoms with Crippen LogP contribution in [0.25, 0.3) is 0 Å². The van der Waals surface area contributed by atoms with Crippen LogP contribution in [0.3, 0.4) is 0 Å². The molecule has 0 unspecified atom stereocenters. The third-order valence-electron chi connectivity index (χ3n) is 4.84. The Morgan fingerprint density at radius 1 is 1.21 bits per heavy atom. The van der Waals surface area contributed by atoms with Crippen molar-refractivity contribution in [1.29, 1.82) is 0 Å². The van der Waals surface area contributed by atoms with Crippen LogP contribution in [0.4, 0.5) is 0 Å². The summed E-state index contributed by atoms with van der Waals surface area (Å²) in [4.78, 5) is 16.5. The molecule has 2 aromatic rings. The highest BCUT2D eigenvalue weighted by Crippen LogP contribution is 2.47. The Labute approximate surface area is 142 Å². The molecule has 2 fully saturated rings. The van der Waals surface area contributed by atoms with Crippen molar-refractivity contribution >= 4 is 5.91 Å². The third kappa shape index (κ3) is 3.58. The number of nitrogens with one attached hydrogen (secondary N) is 1. The molecule has 1 amide bonds. The topological polar surface area (TPSA) is 51.2 Å². The van der Waals surface area contributed by atoms with Crippen LogP contribution < -0.4 is 10.1 Å². The Morgan fingerprint density at radius 3 is 2.88 bits per heavy atom. The smallest absolute Gasteiger partial charge is 0.224 e. The highest BCUT2D eigenvalue weighted by atomic mass is 16.5. The van der Waals surface area contributed by atoms with Gasteiger partial charge in [0.05, 0.1) is 6.61 Å². The summed E-state index contributed by atoms with van der Waals surface area (Å²) in [5, 5.41) is 3.06. The van der Waals surface area contributed by atoms with Crippen molar-refractivity contribution in [3.05, 3.63) is 59.9 Å². The number of nitrogens with zero attached hydrogens (tertiary/aromatic N) is 1. The molecule has 2 aliphatic rings. The van der Waals surface area contributed by atoms with Gasteiger partial charge >= 0.3 is 0 Å². The zero-order valence-electron chi connectivity index (χ0n) is 13.7. The van der Waals surface area contributed by atoms with Crippen molar-refractivity contribution < 1.29 is 9.53 Å². The Kier molecular flexibility index (Phi) is 4.20. The maximum Gasteiger partial charge on any atom is 0.224 e. The number of hydrogen-bond donors (Lipinski definition) is 1. The number of carbonyl (C=O) groups is 1. The van der Waals surface area contributed by atoms with Crippen LogP contribution in [-0.4, -0.2) is 17.5 Å². The fourth-order valence-electron chi connectivity index (χ4n) is 3.04. The molecule has 24 heavy (non-hydrogen) atoms. The number of carbonyl (C=O) groups excluding carboxylic acids is 1. The van der Waals surface area contributed by atoms with Gasteiger partial charge < -0.3 is 10.1 Å². The molecule has 2 aliphatic carbocycles. The minimum atomic E-state index is 0.0775. The number of rotatable bonds is 7. The molecule has 1 aromatic heterocycles. The summed E-state index contributed by atoms with van der Waals surface area (Å²) in [5.41, 5.74) is 2.20. The predicted molar refractivity (Wildman–Crippen MR) is 91.6 cm³/mol. The van der Waals surface area contributed by atoms with Crippen LogP contribution in [-0.2, 0) is 11.3 Å². The number of benzene rings is 1. The van der Waals surface area contributed by atoms with Gasteiger partial charge in [-0.25, -0.2) is 0 Å². The minimum absolute atomic E-state index is 0.0775. The molecule has 0 radical (unpaired) electrons. The van der Waals surface area contributed by atoms with Crippen molar-refractivity contribution in [2.75, 3.05) is 6.61 Å². The van der Waals surface area contributed by atoms with Crippen LogP contribution in [0.2, 0.25) is 0 Å². The zero-order valence-corrected chi connectivity index (χ0v) is 13.7. The SMILES string of the molecule is O=C(NCc1ccccc1OCC1CC1)[C@@H]1C[C@@H]1c1cccnc1. The molecular formula is C20H22N2O2. The summed E-state index contributed by atoms with van der Waals surface area (Å²) >= 11 is 0.